The first kappa shape index (κ1) is 21.2. The maximum atomic E-state index is 15.9. The van der Waals surface area contributed by atoms with E-state index in [1.807, 2.05) is 0 Å². The summed E-state index contributed by atoms with van der Waals surface area (Å²) >= 11 is 0. The fourth-order valence-corrected chi connectivity index (χ4v) is 4.90. The van der Waals surface area contributed by atoms with Crippen LogP contribution in [0.1, 0.15) is 0 Å². The molecule has 5 aromatic carbocycles. The van der Waals surface area contributed by atoms with Crippen molar-refractivity contribution in [2.24, 2.45) is 9.98 Å². The Hall–Kier alpha value is -5.11. The Kier molecular flexibility index (Phi) is 4.13. The standard InChI is InChI=1S/C26H9F4N7/c1-32-17-13-6-9(27)2-4-11(13)19-25(17)36-23-15(29)22-24(16(30)21(23)34-19)37-26-18(33-8-31)14-7-10(28)3-5-12(14)20(26)35-22/h2-7H,1H3. The van der Waals surface area contributed by atoms with Gasteiger partial charge in [-0.05, 0) is 36.4 Å². The average Bonchev–Trinajstić information content (AvgIpc) is 3.36. The van der Waals surface area contributed by atoms with Gasteiger partial charge < -0.3 is 0 Å². The zero-order valence-electron chi connectivity index (χ0n) is 18.6. The fraction of sp³-hybridized carbons (Fsp3) is 0.0385. The van der Waals surface area contributed by atoms with Gasteiger partial charge in [-0.15, -0.1) is 0 Å². The van der Waals surface area contributed by atoms with Gasteiger partial charge >= 0.3 is 0 Å². The maximum Gasteiger partial charge on any atom is 0.206 e. The van der Waals surface area contributed by atoms with Gasteiger partial charge in [-0.3, -0.25) is 4.99 Å². The predicted octanol–water partition coefficient (Wildman–Crippen LogP) is 4.53. The van der Waals surface area contributed by atoms with Gasteiger partial charge in [0, 0.05) is 28.6 Å². The molecule has 0 aliphatic carbocycles. The second-order valence-electron chi connectivity index (χ2n) is 8.38. The van der Waals surface area contributed by atoms with E-state index in [-0.39, 0.29) is 32.8 Å². The largest absolute Gasteiger partial charge is 0.286 e. The second-order valence-corrected chi connectivity index (χ2v) is 8.38. The molecule has 7 aromatic rings. The third kappa shape index (κ3) is 2.69. The van der Waals surface area contributed by atoms with E-state index < -0.39 is 45.3 Å². The Labute approximate surface area is 202 Å². The summed E-state index contributed by atoms with van der Waals surface area (Å²) in [6.07, 6.45) is 1.64. The number of hydrogen-bond donors (Lipinski definition) is 0. The van der Waals surface area contributed by atoms with E-state index in [4.69, 9.17) is 5.26 Å². The summed E-state index contributed by atoms with van der Waals surface area (Å²) in [7, 11) is 1.48. The lowest BCUT2D eigenvalue weighted by Crippen LogP contribution is -2.05. The maximum absolute atomic E-state index is 15.9. The van der Waals surface area contributed by atoms with Gasteiger partial charge in [-0.25, -0.2) is 37.5 Å². The number of nitrogens with zero attached hydrogens (tertiary/aromatic N) is 7. The number of hydrogen-bond acceptors (Lipinski definition) is 7. The average molecular weight is 495 g/mol. The fourth-order valence-electron chi connectivity index (χ4n) is 4.90. The van der Waals surface area contributed by atoms with Crippen LogP contribution in [-0.4, -0.2) is 27.0 Å². The predicted molar refractivity (Wildman–Crippen MR) is 128 cm³/mol. The van der Waals surface area contributed by atoms with E-state index in [0.717, 1.165) is 6.07 Å². The van der Waals surface area contributed by atoms with Crippen LogP contribution >= 0.6 is 0 Å². The third-order valence-corrected chi connectivity index (χ3v) is 6.44. The van der Waals surface area contributed by atoms with Crippen LogP contribution in [0.2, 0.25) is 0 Å². The van der Waals surface area contributed by atoms with Gasteiger partial charge in [0.2, 0.25) is 6.19 Å². The highest BCUT2D eigenvalue weighted by molar-refractivity contribution is 6.12. The van der Waals surface area contributed by atoms with E-state index in [0.29, 0.717) is 21.5 Å². The van der Waals surface area contributed by atoms with Gasteiger partial charge in [0.15, 0.2) is 11.6 Å². The Bertz CT molecular complexity index is 2330. The molecule has 0 N–H and O–H groups in total. The summed E-state index contributed by atoms with van der Waals surface area (Å²) < 4.78 is 59.6. The van der Waals surface area contributed by atoms with E-state index in [1.54, 1.807) is 6.19 Å². The van der Waals surface area contributed by atoms with Crippen LogP contribution in [0, 0.1) is 34.7 Å². The van der Waals surface area contributed by atoms with Crippen molar-refractivity contribution in [1.82, 2.24) is 19.9 Å². The van der Waals surface area contributed by atoms with Crippen molar-refractivity contribution < 1.29 is 17.6 Å². The van der Waals surface area contributed by atoms with Crippen LogP contribution in [0.5, 0.6) is 0 Å². The van der Waals surface area contributed by atoms with Crippen molar-refractivity contribution in [3.05, 3.63) is 70.4 Å². The molecule has 7 nitrogen and oxygen atoms in total. The number of aromatic nitrogens is 4. The number of fused-ring (bicyclic) bond motifs is 8. The van der Waals surface area contributed by atoms with Gasteiger partial charge in [0.1, 0.15) is 50.1 Å². The zero-order valence-corrected chi connectivity index (χ0v) is 18.6. The molecular formula is C26H9F4N7. The van der Waals surface area contributed by atoms with Crippen LogP contribution in [0.25, 0.3) is 65.7 Å². The van der Waals surface area contributed by atoms with Gasteiger partial charge in [0.25, 0.3) is 0 Å². The molecule has 0 amide bonds. The molecule has 2 heterocycles. The summed E-state index contributed by atoms with van der Waals surface area (Å²) in [4.78, 5) is 25.2. The Balaban J connectivity index is 1.71. The highest BCUT2D eigenvalue weighted by atomic mass is 19.1. The van der Waals surface area contributed by atoms with Gasteiger partial charge in [0.05, 0.1) is 16.4 Å². The molecule has 0 bridgehead atoms. The molecule has 2 aromatic heterocycles. The van der Waals surface area contributed by atoms with Crippen LogP contribution in [0.3, 0.4) is 0 Å². The molecule has 0 spiro atoms. The molecule has 11 heteroatoms. The summed E-state index contributed by atoms with van der Waals surface area (Å²) in [6.45, 7) is 0. The van der Waals surface area contributed by atoms with Gasteiger partial charge in [-0.1, -0.05) is 0 Å². The normalized spacial score (nSPS) is 13.3. The first-order valence-electron chi connectivity index (χ1n) is 10.9. The molecule has 0 unspecified atom stereocenters. The zero-order chi connectivity index (χ0) is 25.6. The lowest BCUT2D eigenvalue weighted by atomic mass is 10.2. The van der Waals surface area contributed by atoms with Crippen molar-refractivity contribution in [1.29, 1.82) is 5.26 Å². The molecule has 7 rings (SSSR count). The molecule has 0 radical (unpaired) electrons. The molecule has 37 heavy (non-hydrogen) atoms. The van der Waals surface area contributed by atoms with Crippen LogP contribution < -0.4 is 10.7 Å². The highest BCUT2D eigenvalue weighted by Crippen LogP contribution is 2.32. The Morgan fingerprint density at radius 1 is 0.595 bits per heavy atom. The molecule has 0 aliphatic rings. The molecule has 0 aliphatic heterocycles. The molecular weight excluding hydrogens is 486 g/mol. The molecule has 0 atom stereocenters. The number of rotatable bonds is 0. The van der Waals surface area contributed by atoms with Crippen LogP contribution in [0.4, 0.5) is 17.6 Å². The minimum Gasteiger partial charge on any atom is -0.286 e. The monoisotopic (exact) mass is 495 g/mol. The first-order valence-corrected chi connectivity index (χ1v) is 10.9. The minimum atomic E-state index is -0.985. The number of nitriles is 1. The third-order valence-electron chi connectivity index (χ3n) is 6.44. The van der Waals surface area contributed by atoms with Gasteiger partial charge in [-0.2, -0.15) is 10.3 Å². The Morgan fingerprint density at radius 2 is 1.03 bits per heavy atom. The topological polar surface area (TPSA) is 100 Å². The molecule has 0 saturated heterocycles. The van der Waals surface area contributed by atoms with Crippen molar-refractivity contribution >= 4 is 65.7 Å². The summed E-state index contributed by atoms with van der Waals surface area (Å²) in [5.41, 5.74) is -1.09. The lowest BCUT2D eigenvalue weighted by Gasteiger charge is -2.06. The summed E-state index contributed by atoms with van der Waals surface area (Å²) in [5.74, 6) is -3.04. The minimum absolute atomic E-state index is 0.00101. The quantitative estimate of drug-likeness (QED) is 0.175. The molecule has 176 valence electrons. The van der Waals surface area contributed by atoms with E-state index in [1.165, 1.54) is 37.4 Å². The van der Waals surface area contributed by atoms with E-state index in [9.17, 15) is 8.78 Å². The Morgan fingerprint density at radius 3 is 1.49 bits per heavy atom. The van der Waals surface area contributed by atoms with Crippen molar-refractivity contribution in [2.75, 3.05) is 7.05 Å². The van der Waals surface area contributed by atoms with E-state index in [2.05, 4.69) is 29.9 Å². The first-order chi connectivity index (χ1) is 17.9. The number of halogens is 4. The smallest absolute Gasteiger partial charge is 0.206 e. The van der Waals surface area contributed by atoms with E-state index >= 15 is 8.78 Å². The molecule has 0 fully saturated rings. The van der Waals surface area contributed by atoms with Crippen molar-refractivity contribution in [3.63, 3.8) is 0 Å². The SMILES string of the molecule is CN=c1c2cc(F)ccc2c2nc3c(F)c4nc5c(=NC#N)c6cc(F)ccc6c5nc4c(F)c3nc12. The summed E-state index contributed by atoms with van der Waals surface area (Å²) in [6, 6.07) is 7.72. The molecule has 0 saturated carbocycles. The van der Waals surface area contributed by atoms with Crippen LogP contribution in [-0.2, 0) is 0 Å². The van der Waals surface area contributed by atoms with Crippen molar-refractivity contribution in [3.8, 4) is 6.19 Å². The van der Waals surface area contributed by atoms with Crippen molar-refractivity contribution in [2.45, 2.75) is 0 Å². The lowest BCUT2D eigenvalue weighted by molar-refractivity contribution is 0.626. The number of benzene rings is 3. The summed E-state index contributed by atoms with van der Waals surface area (Å²) in [5, 5.41) is 11.0. The highest BCUT2D eigenvalue weighted by Gasteiger charge is 2.24. The second kappa shape index (κ2) is 7.20. The van der Waals surface area contributed by atoms with Crippen LogP contribution in [0.15, 0.2) is 46.4 Å².